The fourth-order valence-electron chi connectivity index (χ4n) is 3.25. The van der Waals surface area contributed by atoms with Crippen LogP contribution in [0.2, 0.25) is 0 Å². The Balaban J connectivity index is 1.48. The molecule has 5 rings (SSSR count). The van der Waals surface area contributed by atoms with Gasteiger partial charge in [0, 0.05) is 40.5 Å². The molecule has 0 aliphatic rings. The molecule has 2 N–H and O–H groups in total. The predicted octanol–water partition coefficient (Wildman–Crippen LogP) is 5.35. The number of aliphatic hydroxyl groups is 1. The zero-order chi connectivity index (χ0) is 22.0. The lowest BCUT2D eigenvalue weighted by Crippen LogP contribution is -2.17. The Kier molecular flexibility index (Phi) is 5.15. The van der Waals surface area contributed by atoms with Gasteiger partial charge in [-0.3, -0.25) is 0 Å². The van der Waals surface area contributed by atoms with E-state index in [0.29, 0.717) is 22.3 Å². The summed E-state index contributed by atoms with van der Waals surface area (Å²) in [4.78, 5) is 13.1. The Labute approximate surface area is 188 Å². The quantitative estimate of drug-likeness (QED) is 0.368. The van der Waals surface area contributed by atoms with Gasteiger partial charge in [0.1, 0.15) is 10.6 Å². The zero-order valence-corrected chi connectivity index (χ0v) is 17.9. The van der Waals surface area contributed by atoms with E-state index in [4.69, 9.17) is 4.42 Å². The Morgan fingerprint density at radius 1 is 1.03 bits per heavy atom. The summed E-state index contributed by atoms with van der Waals surface area (Å²) in [6.45, 7) is 1.62. The average Bonchev–Trinajstić information content (AvgIpc) is 3.49. The number of benzene rings is 2. The summed E-state index contributed by atoms with van der Waals surface area (Å²) in [5.74, 6) is 6.75. The summed E-state index contributed by atoms with van der Waals surface area (Å²) < 4.78 is 6.04. The topological polar surface area (TPSA) is 84.1 Å². The molecule has 0 saturated heterocycles. The number of fused-ring (bicyclic) bond motifs is 1. The maximum Gasteiger partial charge on any atom is 0.227 e. The van der Waals surface area contributed by atoms with Crippen molar-refractivity contribution in [3.63, 3.8) is 0 Å². The van der Waals surface area contributed by atoms with E-state index in [0.717, 1.165) is 22.3 Å². The highest BCUT2D eigenvalue weighted by atomic mass is 32.1. The molecule has 6 nitrogen and oxygen atoms in total. The van der Waals surface area contributed by atoms with E-state index in [2.05, 4.69) is 32.1 Å². The summed E-state index contributed by atoms with van der Waals surface area (Å²) in [5.41, 5.74) is 1.80. The lowest BCUT2D eigenvalue weighted by atomic mass is 10.1. The second-order valence-electron chi connectivity index (χ2n) is 7.25. The molecule has 3 heterocycles. The van der Waals surface area contributed by atoms with Gasteiger partial charge in [-0.15, -0.1) is 11.3 Å². The van der Waals surface area contributed by atoms with E-state index in [1.54, 1.807) is 19.3 Å². The first kappa shape index (κ1) is 19.9. The second-order valence-corrected chi connectivity index (χ2v) is 8.15. The van der Waals surface area contributed by atoms with E-state index in [1.807, 2.05) is 66.0 Å². The van der Waals surface area contributed by atoms with Gasteiger partial charge in [-0.25, -0.2) is 15.0 Å². The maximum absolute atomic E-state index is 10.6. The third-order valence-corrected chi connectivity index (χ3v) is 5.77. The second kappa shape index (κ2) is 8.27. The summed E-state index contributed by atoms with van der Waals surface area (Å²) in [7, 11) is 0. The van der Waals surface area contributed by atoms with Crippen molar-refractivity contribution in [1.29, 1.82) is 0 Å². The molecule has 0 aliphatic carbocycles. The minimum atomic E-state index is -1.35. The van der Waals surface area contributed by atoms with E-state index >= 15 is 0 Å². The van der Waals surface area contributed by atoms with Crippen LogP contribution in [0.15, 0.2) is 82.9 Å². The number of furan rings is 1. The van der Waals surface area contributed by atoms with E-state index < -0.39 is 5.60 Å². The monoisotopic (exact) mass is 438 g/mol. The zero-order valence-electron chi connectivity index (χ0n) is 17.1. The van der Waals surface area contributed by atoms with Crippen LogP contribution in [-0.2, 0) is 5.60 Å². The van der Waals surface area contributed by atoms with E-state index in [1.165, 1.54) is 11.3 Å². The van der Waals surface area contributed by atoms with Crippen LogP contribution in [-0.4, -0.2) is 20.1 Å². The highest BCUT2D eigenvalue weighted by Gasteiger charge is 2.23. The van der Waals surface area contributed by atoms with Crippen LogP contribution in [0.1, 0.15) is 17.7 Å². The molecule has 0 aliphatic heterocycles. The van der Waals surface area contributed by atoms with E-state index in [9.17, 15) is 5.11 Å². The molecule has 1 atom stereocenters. The number of para-hydroxylation sites is 2. The molecular weight excluding hydrogens is 420 g/mol. The lowest BCUT2D eigenvalue weighted by molar-refractivity contribution is 0.121. The van der Waals surface area contributed by atoms with Crippen LogP contribution < -0.4 is 5.32 Å². The van der Waals surface area contributed by atoms with Gasteiger partial charge < -0.3 is 14.8 Å². The first-order valence-electron chi connectivity index (χ1n) is 9.92. The van der Waals surface area contributed by atoms with Crippen LogP contribution in [0, 0.1) is 11.8 Å². The van der Waals surface area contributed by atoms with Crippen LogP contribution >= 0.6 is 11.3 Å². The van der Waals surface area contributed by atoms with Gasteiger partial charge in [-0.05, 0) is 37.1 Å². The van der Waals surface area contributed by atoms with Gasteiger partial charge in [0.05, 0.1) is 5.69 Å². The van der Waals surface area contributed by atoms with Crippen LogP contribution in [0.25, 0.3) is 22.2 Å². The van der Waals surface area contributed by atoms with Gasteiger partial charge in [0.2, 0.25) is 5.95 Å². The molecule has 156 valence electrons. The van der Waals surface area contributed by atoms with Gasteiger partial charge in [-0.2, -0.15) is 0 Å². The Bertz CT molecular complexity index is 1430. The van der Waals surface area contributed by atoms with Gasteiger partial charge in [0.25, 0.3) is 0 Å². The number of hydrogen-bond acceptors (Lipinski definition) is 7. The summed E-state index contributed by atoms with van der Waals surface area (Å²) in [6.07, 6.45) is 3.35. The van der Waals surface area contributed by atoms with E-state index in [-0.39, 0.29) is 0 Å². The van der Waals surface area contributed by atoms with Crippen LogP contribution in [0.5, 0.6) is 0 Å². The van der Waals surface area contributed by atoms with Crippen molar-refractivity contribution >= 4 is 33.9 Å². The first-order valence-corrected chi connectivity index (χ1v) is 10.8. The van der Waals surface area contributed by atoms with Crippen molar-refractivity contribution in [3.05, 3.63) is 89.2 Å². The molecule has 0 amide bonds. The molecule has 5 aromatic rings. The summed E-state index contributed by atoms with van der Waals surface area (Å²) in [5, 5.41) is 17.1. The van der Waals surface area contributed by atoms with Crippen LogP contribution in [0.3, 0.4) is 0 Å². The molecule has 0 radical (unpaired) electrons. The normalized spacial score (nSPS) is 12.7. The number of anilines is 2. The molecule has 3 aromatic heterocycles. The number of hydrogen-bond donors (Lipinski definition) is 2. The molecule has 0 saturated carbocycles. The average molecular weight is 439 g/mol. The predicted molar refractivity (Wildman–Crippen MR) is 126 cm³/mol. The smallest absolute Gasteiger partial charge is 0.227 e. The number of thiazole rings is 1. The van der Waals surface area contributed by atoms with Crippen molar-refractivity contribution in [3.8, 4) is 23.1 Å². The van der Waals surface area contributed by atoms with Crippen molar-refractivity contribution in [2.45, 2.75) is 12.5 Å². The van der Waals surface area contributed by atoms with Gasteiger partial charge in [-0.1, -0.05) is 36.3 Å². The van der Waals surface area contributed by atoms with Gasteiger partial charge >= 0.3 is 0 Å². The van der Waals surface area contributed by atoms with Crippen LogP contribution in [0.4, 0.5) is 11.6 Å². The van der Waals surface area contributed by atoms with Crippen molar-refractivity contribution in [2.24, 2.45) is 0 Å². The SMILES string of the molecule is CC(O)(C#Cc1cc2cccc(-c3ccnc(Nc4ccccc4)n3)c2o1)c1nccs1. The largest absolute Gasteiger partial charge is 0.447 e. The highest BCUT2D eigenvalue weighted by molar-refractivity contribution is 7.09. The van der Waals surface area contributed by atoms with Crippen molar-refractivity contribution < 1.29 is 9.52 Å². The fraction of sp³-hybridized carbons (Fsp3) is 0.0800. The Morgan fingerprint density at radius 2 is 1.91 bits per heavy atom. The number of nitrogens with one attached hydrogen (secondary N) is 1. The standard InChI is InChI=1S/C25H18N4O2S/c1-25(30,23-26-14-15-32-23)12-10-19-16-17-6-5-9-20(22(17)31-19)21-11-13-27-24(29-21)28-18-7-3-2-4-8-18/h2-9,11,13-16,30H,1H3,(H,27,28,29). The molecule has 7 heteroatoms. The molecule has 0 spiro atoms. The third-order valence-electron chi connectivity index (χ3n) is 4.78. The Hall–Kier alpha value is -3.99. The lowest BCUT2D eigenvalue weighted by Gasteiger charge is -2.11. The maximum atomic E-state index is 10.6. The molecule has 1 unspecified atom stereocenters. The number of nitrogens with zero attached hydrogens (tertiary/aromatic N) is 3. The summed E-state index contributed by atoms with van der Waals surface area (Å²) >= 11 is 1.36. The minimum Gasteiger partial charge on any atom is -0.447 e. The molecule has 0 fully saturated rings. The van der Waals surface area contributed by atoms with Gasteiger partial charge in [0.15, 0.2) is 11.4 Å². The minimum absolute atomic E-state index is 0.459. The Morgan fingerprint density at radius 3 is 2.72 bits per heavy atom. The first-order chi connectivity index (χ1) is 15.6. The number of aromatic nitrogens is 3. The van der Waals surface area contributed by atoms with Crippen molar-refractivity contribution in [2.75, 3.05) is 5.32 Å². The summed E-state index contributed by atoms with van der Waals surface area (Å²) in [6, 6.07) is 19.3. The molecule has 32 heavy (non-hydrogen) atoms. The van der Waals surface area contributed by atoms with Crippen molar-refractivity contribution in [1.82, 2.24) is 15.0 Å². The molecule has 2 aromatic carbocycles. The fourth-order valence-corrected chi connectivity index (χ4v) is 3.90. The molecule has 0 bridgehead atoms. The highest BCUT2D eigenvalue weighted by Crippen LogP contribution is 2.30. The molecular formula is C25H18N4O2S. The number of rotatable bonds is 4. The third kappa shape index (κ3) is 4.10.